The lowest BCUT2D eigenvalue weighted by Gasteiger charge is -2.21. The fourth-order valence-corrected chi connectivity index (χ4v) is 4.84. The van der Waals surface area contributed by atoms with Crippen molar-refractivity contribution < 1.29 is 35.5 Å². The van der Waals surface area contributed by atoms with Gasteiger partial charge in [0, 0.05) is 31.4 Å². The van der Waals surface area contributed by atoms with E-state index in [1.54, 1.807) is 11.0 Å². The zero-order valence-corrected chi connectivity index (χ0v) is 20.8. The smallest absolute Gasteiger partial charge is 0.336 e. The van der Waals surface area contributed by atoms with E-state index in [4.69, 9.17) is 11.6 Å². The van der Waals surface area contributed by atoms with Gasteiger partial charge in [-0.2, -0.15) is 40.9 Å². The van der Waals surface area contributed by atoms with Gasteiger partial charge in [-0.05, 0) is 49.2 Å². The van der Waals surface area contributed by atoms with Gasteiger partial charge in [0.2, 0.25) is 0 Å². The van der Waals surface area contributed by atoms with Gasteiger partial charge in [-0.1, -0.05) is 17.7 Å². The van der Waals surface area contributed by atoms with E-state index in [-0.39, 0.29) is 22.5 Å². The number of alkyl halides is 7. The normalized spacial score (nSPS) is 14.5. The van der Waals surface area contributed by atoms with Crippen LogP contribution in [0.3, 0.4) is 0 Å². The van der Waals surface area contributed by atoms with Crippen LogP contribution in [0.25, 0.3) is 16.9 Å². The van der Waals surface area contributed by atoms with Gasteiger partial charge in [0.15, 0.2) is 11.5 Å². The highest BCUT2D eigenvalue weighted by atomic mass is 35.5. The molecule has 37 heavy (non-hydrogen) atoms. The van der Waals surface area contributed by atoms with Gasteiger partial charge >= 0.3 is 12.1 Å². The summed E-state index contributed by atoms with van der Waals surface area (Å²) in [6, 6.07) is 4.71. The number of hydrogen-bond acceptors (Lipinski definition) is 4. The molecule has 1 aliphatic rings. The van der Waals surface area contributed by atoms with Crippen LogP contribution in [-0.2, 0) is 13.0 Å². The topological polar surface area (TPSA) is 56.0 Å². The van der Waals surface area contributed by atoms with Gasteiger partial charge in [-0.3, -0.25) is 4.79 Å². The van der Waals surface area contributed by atoms with E-state index in [2.05, 4.69) is 10.2 Å². The second kappa shape index (κ2) is 9.86. The van der Waals surface area contributed by atoms with Crippen LogP contribution < -0.4 is 0 Å². The first-order valence-corrected chi connectivity index (χ1v) is 12.1. The zero-order chi connectivity index (χ0) is 27.3. The first-order valence-electron chi connectivity index (χ1n) is 10.9. The van der Waals surface area contributed by atoms with Crippen molar-refractivity contribution in [3.05, 3.63) is 46.9 Å². The quantitative estimate of drug-likeness (QED) is 0.229. The number of carbonyl (C=O) groups is 1. The van der Waals surface area contributed by atoms with Gasteiger partial charge in [0.1, 0.15) is 0 Å². The Balaban J connectivity index is 1.76. The number of aromatic nitrogens is 4. The number of halogens is 8. The van der Waals surface area contributed by atoms with Crippen molar-refractivity contribution in [2.45, 2.75) is 48.6 Å². The Bertz CT molecular complexity index is 1320. The van der Waals surface area contributed by atoms with Gasteiger partial charge in [0.05, 0.1) is 21.7 Å². The highest BCUT2D eigenvalue weighted by Crippen LogP contribution is 2.48. The summed E-state index contributed by atoms with van der Waals surface area (Å²) in [5, 5.41) is 7.41. The number of benzene rings is 1. The van der Waals surface area contributed by atoms with E-state index in [1.807, 2.05) is 6.92 Å². The average molecular weight is 570 g/mol. The molecule has 0 unspecified atom stereocenters. The number of aryl methyl sites for hydroxylation is 1. The third kappa shape index (κ3) is 5.17. The fraction of sp³-hybridized carbons (Fsp3) is 0.409. The summed E-state index contributed by atoms with van der Waals surface area (Å²) in [6.07, 6.45) is -1.77. The van der Waals surface area contributed by atoms with Crippen LogP contribution >= 0.6 is 23.4 Å². The van der Waals surface area contributed by atoms with Gasteiger partial charge in [-0.25, -0.2) is 9.36 Å². The maximum absolute atomic E-state index is 14.1. The van der Waals surface area contributed by atoms with Crippen LogP contribution in [0.2, 0.25) is 5.02 Å². The molecular weight excluding hydrogens is 551 g/mol. The Morgan fingerprint density at radius 1 is 1.22 bits per heavy atom. The highest BCUT2D eigenvalue weighted by molar-refractivity contribution is 7.99. The average Bonchev–Trinajstić information content (AvgIpc) is 3.42. The molecule has 1 amide bonds. The molecule has 1 saturated carbocycles. The maximum Gasteiger partial charge on any atom is 0.459 e. The molecule has 0 radical (unpaired) electrons. The minimum absolute atomic E-state index is 0.139. The number of amides is 1. The van der Waals surface area contributed by atoms with Crippen molar-refractivity contribution in [3.8, 4) is 16.9 Å². The molecule has 0 bridgehead atoms. The van der Waals surface area contributed by atoms with E-state index in [0.29, 0.717) is 22.4 Å². The molecule has 0 N–H and O–H groups in total. The van der Waals surface area contributed by atoms with Crippen molar-refractivity contribution in [3.63, 3.8) is 0 Å². The lowest BCUT2D eigenvalue weighted by molar-refractivity contribution is -0.292. The molecule has 3 aromatic rings. The Kier molecular flexibility index (Phi) is 7.27. The van der Waals surface area contributed by atoms with E-state index >= 15 is 0 Å². The van der Waals surface area contributed by atoms with Crippen molar-refractivity contribution in [2.75, 3.05) is 6.54 Å². The van der Waals surface area contributed by atoms with Crippen LogP contribution in [0.5, 0.6) is 0 Å². The van der Waals surface area contributed by atoms with Crippen LogP contribution in [0, 0.1) is 0 Å². The standard InChI is InChI=1S/C22H19ClF7N5OS/c1-3-34(13-5-6-13)19(36)14-8-11(4-7-15(14)23)12-9-31-35(10-12)18-16(37-20(24)25)17(32-33(18)2)21(26,27)22(28,29)30/h4,7-10,13,20H,3,5-6H2,1-2H3. The molecule has 6 nitrogen and oxygen atoms in total. The Hall–Kier alpha value is -2.74. The molecule has 0 spiro atoms. The second-order valence-corrected chi connectivity index (χ2v) is 9.67. The summed E-state index contributed by atoms with van der Waals surface area (Å²) in [5.74, 6) is -9.57. The van der Waals surface area contributed by atoms with Crippen LogP contribution in [-0.4, -0.2) is 54.9 Å². The summed E-state index contributed by atoms with van der Waals surface area (Å²) in [5.41, 5.74) is -0.850. The Labute approximate surface area is 215 Å². The summed E-state index contributed by atoms with van der Waals surface area (Å²) in [7, 11) is 1.04. The molecule has 0 atom stereocenters. The summed E-state index contributed by atoms with van der Waals surface area (Å²) in [6.45, 7) is 2.33. The van der Waals surface area contributed by atoms with Gasteiger partial charge in [0.25, 0.3) is 11.7 Å². The third-order valence-electron chi connectivity index (χ3n) is 5.75. The molecule has 1 aliphatic carbocycles. The third-order valence-corrected chi connectivity index (χ3v) is 6.87. The monoisotopic (exact) mass is 569 g/mol. The molecule has 1 fully saturated rings. The largest absolute Gasteiger partial charge is 0.459 e. The van der Waals surface area contributed by atoms with Crippen LogP contribution in [0.1, 0.15) is 35.8 Å². The highest BCUT2D eigenvalue weighted by Gasteiger charge is 2.62. The second-order valence-electron chi connectivity index (χ2n) is 8.27. The van der Waals surface area contributed by atoms with Crippen molar-refractivity contribution in [1.82, 2.24) is 24.5 Å². The fourth-order valence-electron chi connectivity index (χ4n) is 3.85. The summed E-state index contributed by atoms with van der Waals surface area (Å²) in [4.78, 5) is 13.7. The summed E-state index contributed by atoms with van der Waals surface area (Å²) >= 11 is 5.77. The number of carbonyl (C=O) groups excluding carboxylic acids is 1. The lowest BCUT2D eigenvalue weighted by atomic mass is 10.1. The van der Waals surface area contributed by atoms with Gasteiger partial charge < -0.3 is 4.90 Å². The molecule has 0 saturated heterocycles. The van der Waals surface area contributed by atoms with Crippen molar-refractivity contribution >= 4 is 29.3 Å². The molecule has 15 heteroatoms. The molecule has 0 aliphatic heterocycles. The lowest BCUT2D eigenvalue weighted by Crippen LogP contribution is -2.34. The number of hydrogen-bond donors (Lipinski definition) is 0. The Morgan fingerprint density at radius 3 is 2.46 bits per heavy atom. The maximum atomic E-state index is 14.1. The SMILES string of the molecule is CCN(C(=O)c1cc(-c2cnn(-c3c(SC(F)F)c(C(F)(F)C(F)(F)F)nn3C)c2)ccc1Cl)C1CC1. The number of thioether (sulfide) groups is 1. The Morgan fingerprint density at radius 2 is 1.89 bits per heavy atom. The molecule has 2 aromatic heterocycles. The minimum Gasteiger partial charge on any atom is -0.336 e. The number of nitrogens with zero attached hydrogens (tertiary/aromatic N) is 5. The van der Waals surface area contributed by atoms with Crippen molar-refractivity contribution in [2.24, 2.45) is 7.05 Å². The predicted octanol–water partition coefficient (Wildman–Crippen LogP) is 6.52. The van der Waals surface area contributed by atoms with E-state index < -0.39 is 46.0 Å². The van der Waals surface area contributed by atoms with E-state index in [9.17, 15) is 35.5 Å². The molecule has 1 aromatic carbocycles. The molecular formula is C22H19ClF7N5OS. The number of rotatable bonds is 8. The first-order chi connectivity index (χ1) is 17.3. The van der Waals surface area contributed by atoms with Crippen LogP contribution in [0.15, 0.2) is 35.5 Å². The van der Waals surface area contributed by atoms with Gasteiger partial charge in [-0.15, -0.1) is 0 Å². The first kappa shape index (κ1) is 27.3. The zero-order valence-electron chi connectivity index (χ0n) is 19.2. The van der Waals surface area contributed by atoms with Crippen molar-refractivity contribution in [1.29, 1.82) is 0 Å². The molecule has 200 valence electrons. The summed E-state index contributed by atoms with van der Waals surface area (Å²) < 4.78 is 95.2. The van der Waals surface area contributed by atoms with E-state index in [0.717, 1.165) is 24.6 Å². The minimum atomic E-state index is -6.05. The predicted molar refractivity (Wildman–Crippen MR) is 122 cm³/mol. The van der Waals surface area contributed by atoms with E-state index in [1.165, 1.54) is 24.5 Å². The molecule has 2 heterocycles. The van der Waals surface area contributed by atoms with Crippen LogP contribution in [0.4, 0.5) is 30.7 Å². The molecule has 4 rings (SSSR count).